The summed E-state index contributed by atoms with van der Waals surface area (Å²) >= 11 is 0. The highest BCUT2D eigenvalue weighted by Crippen LogP contribution is 2.48. The first kappa shape index (κ1) is 15.7. The lowest BCUT2D eigenvalue weighted by atomic mass is 9.84. The molecule has 0 N–H and O–H groups in total. The highest BCUT2D eigenvalue weighted by Gasteiger charge is 2.38. The maximum absolute atomic E-state index is 12.7. The van der Waals surface area contributed by atoms with Crippen LogP contribution in [0.5, 0.6) is 11.5 Å². The molecule has 0 amide bonds. The zero-order chi connectivity index (χ0) is 17.6. The fourth-order valence-corrected chi connectivity index (χ4v) is 3.47. The Morgan fingerprint density at radius 3 is 2.76 bits per heavy atom. The number of allylic oxidation sites excluding steroid dienone is 1. The summed E-state index contributed by atoms with van der Waals surface area (Å²) in [5.41, 5.74) is 1.32. The number of benzene rings is 1. The number of rotatable bonds is 3. The fourth-order valence-electron chi connectivity index (χ4n) is 3.47. The predicted octanol–water partition coefficient (Wildman–Crippen LogP) is 4.33. The van der Waals surface area contributed by atoms with Gasteiger partial charge in [-0.25, -0.2) is 0 Å². The van der Waals surface area contributed by atoms with Gasteiger partial charge in [0.2, 0.25) is 5.78 Å². The third kappa shape index (κ3) is 2.76. The van der Waals surface area contributed by atoms with E-state index in [1.54, 1.807) is 36.6 Å². The first-order valence-electron chi connectivity index (χ1n) is 8.38. The van der Waals surface area contributed by atoms with E-state index in [9.17, 15) is 9.59 Å². The standard InChI is InChI=1S/C20H18O5/c1-11(2)8-12-9-17(21)24-15-6-5-14-19(22)16(25-20(14)18(12)15)10-13-4-3-7-23-13/h3-7,10-12H,8-9H2,1-2H3. The van der Waals surface area contributed by atoms with Gasteiger partial charge in [0.05, 0.1) is 18.2 Å². The Kier molecular flexibility index (Phi) is 3.71. The van der Waals surface area contributed by atoms with Crippen molar-refractivity contribution >= 4 is 17.8 Å². The van der Waals surface area contributed by atoms with E-state index in [1.165, 1.54) is 0 Å². The van der Waals surface area contributed by atoms with Crippen molar-refractivity contribution in [1.82, 2.24) is 0 Å². The van der Waals surface area contributed by atoms with E-state index >= 15 is 0 Å². The SMILES string of the molecule is CC(C)CC1CC(=O)Oc2ccc3c(c21)OC(=Cc1ccco1)C3=O. The van der Waals surface area contributed by atoms with Crippen LogP contribution >= 0.6 is 0 Å². The van der Waals surface area contributed by atoms with Crippen molar-refractivity contribution in [2.24, 2.45) is 5.92 Å². The van der Waals surface area contributed by atoms with Gasteiger partial charge in [-0.3, -0.25) is 9.59 Å². The van der Waals surface area contributed by atoms with Crippen molar-refractivity contribution in [3.8, 4) is 11.5 Å². The van der Waals surface area contributed by atoms with E-state index in [-0.39, 0.29) is 23.4 Å². The molecule has 2 aliphatic heterocycles. The molecule has 5 nitrogen and oxygen atoms in total. The number of carbonyl (C=O) groups excluding carboxylic acids is 2. The first-order valence-corrected chi connectivity index (χ1v) is 8.38. The van der Waals surface area contributed by atoms with E-state index in [2.05, 4.69) is 13.8 Å². The first-order chi connectivity index (χ1) is 12.0. The Morgan fingerprint density at radius 1 is 1.20 bits per heavy atom. The van der Waals surface area contributed by atoms with Gasteiger partial charge in [0.25, 0.3) is 0 Å². The van der Waals surface area contributed by atoms with Gasteiger partial charge < -0.3 is 13.9 Å². The lowest BCUT2D eigenvalue weighted by molar-refractivity contribution is -0.136. The van der Waals surface area contributed by atoms with E-state index in [0.29, 0.717) is 35.2 Å². The van der Waals surface area contributed by atoms with Crippen molar-refractivity contribution in [2.75, 3.05) is 0 Å². The average Bonchev–Trinajstić information content (AvgIpc) is 3.15. The Hall–Kier alpha value is -2.82. The summed E-state index contributed by atoms with van der Waals surface area (Å²) < 4.78 is 16.5. The molecular weight excluding hydrogens is 320 g/mol. The van der Waals surface area contributed by atoms with Crippen LogP contribution in [0.4, 0.5) is 0 Å². The quantitative estimate of drug-likeness (QED) is 0.473. The molecule has 3 heterocycles. The number of carbonyl (C=O) groups is 2. The second kappa shape index (κ2) is 5.92. The third-order valence-corrected chi connectivity index (χ3v) is 4.45. The number of furan rings is 1. The Morgan fingerprint density at radius 2 is 2.04 bits per heavy atom. The predicted molar refractivity (Wildman–Crippen MR) is 90.5 cm³/mol. The molecule has 0 saturated carbocycles. The monoisotopic (exact) mass is 338 g/mol. The van der Waals surface area contributed by atoms with Crippen LogP contribution in [0.15, 0.2) is 40.7 Å². The molecule has 5 heteroatoms. The van der Waals surface area contributed by atoms with Crippen LogP contribution < -0.4 is 9.47 Å². The summed E-state index contributed by atoms with van der Waals surface area (Å²) in [6.45, 7) is 4.22. The summed E-state index contributed by atoms with van der Waals surface area (Å²) in [5, 5.41) is 0. The number of fused-ring (bicyclic) bond motifs is 3. The highest BCUT2D eigenvalue weighted by molar-refractivity contribution is 6.15. The normalized spacial score (nSPS) is 20.4. The highest BCUT2D eigenvalue weighted by atomic mass is 16.5. The van der Waals surface area contributed by atoms with Gasteiger partial charge in [0, 0.05) is 17.6 Å². The van der Waals surface area contributed by atoms with Gasteiger partial charge in [-0.1, -0.05) is 13.8 Å². The van der Waals surface area contributed by atoms with E-state index in [0.717, 1.165) is 12.0 Å². The minimum absolute atomic E-state index is 0.0121. The summed E-state index contributed by atoms with van der Waals surface area (Å²) in [5.74, 6) is 1.75. The molecule has 25 heavy (non-hydrogen) atoms. The van der Waals surface area contributed by atoms with Crippen molar-refractivity contribution < 1.29 is 23.5 Å². The van der Waals surface area contributed by atoms with Crippen LogP contribution in [0.3, 0.4) is 0 Å². The molecule has 0 radical (unpaired) electrons. The number of ether oxygens (including phenoxy) is 2. The molecule has 2 aromatic rings. The van der Waals surface area contributed by atoms with Crippen LogP contribution in [0, 0.1) is 5.92 Å². The van der Waals surface area contributed by atoms with Gasteiger partial charge in [-0.15, -0.1) is 0 Å². The second-order valence-corrected chi connectivity index (χ2v) is 6.81. The lowest BCUT2D eigenvalue weighted by Gasteiger charge is -2.27. The number of hydrogen-bond acceptors (Lipinski definition) is 5. The van der Waals surface area contributed by atoms with Gasteiger partial charge in [-0.2, -0.15) is 0 Å². The van der Waals surface area contributed by atoms with Crippen LogP contribution in [0.25, 0.3) is 6.08 Å². The molecule has 0 bridgehead atoms. The van der Waals surface area contributed by atoms with Crippen molar-refractivity contribution in [1.29, 1.82) is 0 Å². The Balaban J connectivity index is 1.78. The molecule has 0 fully saturated rings. The number of ketones is 1. The van der Waals surface area contributed by atoms with Crippen LogP contribution in [-0.4, -0.2) is 11.8 Å². The smallest absolute Gasteiger partial charge is 0.311 e. The molecule has 0 spiro atoms. The maximum Gasteiger partial charge on any atom is 0.311 e. The topological polar surface area (TPSA) is 65.7 Å². The zero-order valence-electron chi connectivity index (χ0n) is 14.1. The third-order valence-electron chi connectivity index (χ3n) is 4.45. The molecule has 0 aliphatic carbocycles. The molecule has 2 aliphatic rings. The molecule has 4 rings (SSSR count). The molecule has 1 aromatic heterocycles. The van der Waals surface area contributed by atoms with Gasteiger partial charge in [0.15, 0.2) is 5.76 Å². The van der Waals surface area contributed by atoms with Gasteiger partial charge in [-0.05, 0) is 36.6 Å². The van der Waals surface area contributed by atoms with Gasteiger partial charge >= 0.3 is 5.97 Å². The van der Waals surface area contributed by atoms with Crippen LogP contribution in [-0.2, 0) is 4.79 Å². The van der Waals surface area contributed by atoms with Gasteiger partial charge in [0.1, 0.15) is 17.3 Å². The lowest BCUT2D eigenvalue weighted by Crippen LogP contribution is -2.21. The number of Topliss-reactive ketones (excluding diaryl/α,β-unsaturated/α-hetero) is 1. The van der Waals surface area contributed by atoms with Crippen LogP contribution in [0.1, 0.15) is 54.3 Å². The van der Waals surface area contributed by atoms with E-state index in [4.69, 9.17) is 13.9 Å². The maximum atomic E-state index is 12.7. The summed E-state index contributed by atoms with van der Waals surface area (Å²) in [6, 6.07) is 6.85. The molecule has 1 unspecified atom stereocenters. The summed E-state index contributed by atoms with van der Waals surface area (Å²) in [7, 11) is 0. The Labute approximate surface area is 145 Å². The minimum Gasteiger partial charge on any atom is -0.465 e. The molecule has 0 saturated heterocycles. The molecule has 1 aromatic carbocycles. The largest absolute Gasteiger partial charge is 0.465 e. The number of hydrogen-bond donors (Lipinski definition) is 0. The second-order valence-electron chi connectivity index (χ2n) is 6.81. The molecule has 1 atom stereocenters. The summed E-state index contributed by atoms with van der Waals surface area (Å²) in [6.07, 6.45) is 4.25. The molecular formula is C20H18O5. The van der Waals surface area contributed by atoms with E-state index < -0.39 is 0 Å². The van der Waals surface area contributed by atoms with E-state index in [1.807, 2.05) is 0 Å². The van der Waals surface area contributed by atoms with Crippen LogP contribution in [0.2, 0.25) is 0 Å². The average molecular weight is 338 g/mol. The zero-order valence-corrected chi connectivity index (χ0v) is 14.1. The summed E-state index contributed by atoms with van der Waals surface area (Å²) in [4.78, 5) is 24.6. The minimum atomic E-state index is -0.242. The van der Waals surface area contributed by atoms with Crippen molar-refractivity contribution in [3.05, 3.63) is 53.2 Å². The van der Waals surface area contributed by atoms with Crippen molar-refractivity contribution in [3.63, 3.8) is 0 Å². The molecule has 128 valence electrons. The fraction of sp³-hybridized carbons (Fsp3) is 0.300. The number of esters is 1. The van der Waals surface area contributed by atoms with Crippen molar-refractivity contribution in [2.45, 2.75) is 32.6 Å². The Bertz CT molecular complexity index is 874.